The molecule has 0 amide bonds. The van der Waals surface area contributed by atoms with Crippen molar-refractivity contribution >= 4 is 40.1 Å². The Kier molecular flexibility index (Phi) is 6.83. The summed E-state index contributed by atoms with van der Waals surface area (Å²) < 4.78 is 0. The molecule has 0 atom stereocenters. The molecular formula is C25H23N7O2. The van der Waals surface area contributed by atoms with Crippen LogP contribution in [0.5, 0.6) is 0 Å². The van der Waals surface area contributed by atoms with Crippen molar-refractivity contribution < 1.29 is 4.92 Å². The van der Waals surface area contributed by atoms with Crippen molar-refractivity contribution in [2.75, 3.05) is 16.8 Å². The Bertz CT molecular complexity index is 1310. The lowest BCUT2D eigenvalue weighted by molar-refractivity contribution is -0.383. The molecule has 4 aromatic rings. The Hall–Kier alpha value is -4.66. The van der Waals surface area contributed by atoms with E-state index in [1.165, 1.54) is 6.33 Å². The third-order valence-corrected chi connectivity index (χ3v) is 5.04. The van der Waals surface area contributed by atoms with E-state index in [4.69, 9.17) is 0 Å². The SMILES string of the molecule is CCN(c1cccc(C)c1)c1ncnc(Nc2ccc(N=Nc3ccccc3)cc2)c1[N+](=O)[O-]. The number of nitrogens with zero attached hydrogens (tertiary/aromatic N) is 6. The standard InChI is InChI=1S/C25H23N7O2/c1-3-31(22-11-7-8-18(2)16-22)25-23(32(33)34)24(26-17-27-25)28-19-12-14-21(15-13-19)30-29-20-9-5-4-6-10-20/h4-17H,3H2,1-2H3,(H,26,27,28). The highest BCUT2D eigenvalue weighted by Crippen LogP contribution is 2.37. The summed E-state index contributed by atoms with van der Waals surface area (Å²) in [6.07, 6.45) is 1.32. The van der Waals surface area contributed by atoms with E-state index in [2.05, 4.69) is 25.5 Å². The molecule has 9 nitrogen and oxygen atoms in total. The second-order valence-corrected chi connectivity index (χ2v) is 7.44. The molecule has 0 radical (unpaired) electrons. The van der Waals surface area contributed by atoms with E-state index >= 15 is 0 Å². The lowest BCUT2D eigenvalue weighted by Gasteiger charge is -2.22. The molecule has 1 heterocycles. The van der Waals surface area contributed by atoms with Crippen LogP contribution < -0.4 is 10.2 Å². The zero-order chi connectivity index (χ0) is 23.9. The van der Waals surface area contributed by atoms with Crippen molar-refractivity contribution in [2.24, 2.45) is 10.2 Å². The summed E-state index contributed by atoms with van der Waals surface area (Å²) in [6, 6.07) is 24.3. The van der Waals surface area contributed by atoms with Gasteiger partial charge >= 0.3 is 5.69 Å². The number of nitro groups is 1. The van der Waals surface area contributed by atoms with Crippen molar-refractivity contribution in [2.45, 2.75) is 13.8 Å². The molecule has 3 aromatic carbocycles. The molecule has 0 aliphatic rings. The van der Waals surface area contributed by atoms with Gasteiger partial charge in [0.25, 0.3) is 0 Å². The third-order valence-electron chi connectivity index (χ3n) is 5.04. The van der Waals surface area contributed by atoms with Crippen LogP contribution >= 0.6 is 0 Å². The summed E-state index contributed by atoms with van der Waals surface area (Å²) in [7, 11) is 0. The molecule has 0 bridgehead atoms. The van der Waals surface area contributed by atoms with Gasteiger partial charge in [-0.2, -0.15) is 10.2 Å². The minimum atomic E-state index is -0.460. The summed E-state index contributed by atoms with van der Waals surface area (Å²) in [5.74, 6) is 0.337. The summed E-state index contributed by atoms with van der Waals surface area (Å²) in [6.45, 7) is 4.40. The number of aryl methyl sites for hydroxylation is 1. The van der Waals surface area contributed by atoms with Gasteiger partial charge in [0.05, 0.1) is 16.3 Å². The Morgan fingerprint density at radius 3 is 2.29 bits per heavy atom. The highest BCUT2D eigenvalue weighted by molar-refractivity contribution is 5.78. The number of anilines is 4. The van der Waals surface area contributed by atoms with Gasteiger partial charge < -0.3 is 10.2 Å². The van der Waals surface area contributed by atoms with Crippen LogP contribution in [0.15, 0.2) is 95.4 Å². The average Bonchev–Trinajstić information content (AvgIpc) is 2.85. The quantitative estimate of drug-likeness (QED) is 0.175. The van der Waals surface area contributed by atoms with E-state index in [9.17, 15) is 10.1 Å². The normalized spacial score (nSPS) is 10.9. The molecule has 0 fully saturated rings. The number of hydrogen-bond donors (Lipinski definition) is 1. The first-order valence-corrected chi connectivity index (χ1v) is 10.7. The van der Waals surface area contributed by atoms with Crippen molar-refractivity contribution in [1.29, 1.82) is 0 Å². The summed E-state index contributed by atoms with van der Waals surface area (Å²) in [5.41, 5.74) is 3.72. The first kappa shape index (κ1) is 22.5. The van der Waals surface area contributed by atoms with Gasteiger partial charge in [0.15, 0.2) is 0 Å². The van der Waals surface area contributed by atoms with E-state index in [0.29, 0.717) is 17.9 Å². The number of hydrogen-bond acceptors (Lipinski definition) is 8. The molecule has 0 saturated carbocycles. The number of nitrogens with one attached hydrogen (secondary N) is 1. The fraction of sp³-hybridized carbons (Fsp3) is 0.120. The number of azo groups is 1. The predicted octanol–water partition coefficient (Wildman–Crippen LogP) is 7.01. The van der Waals surface area contributed by atoms with Crippen LogP contribution in [0.1, 0.15) is 12.5 Å². The van der Waals surface area contributed by atoms with Crippen molar-refractivity contribution in [3.8, 4) is 0 Å². The van der Waals surface area contributed by atoms with Crippen LogP contribution in [-0.4, -0.2) is 21.4 Å². The maximum atomic E-state index is 12.1. The van der Waals surface area contributed by atoms with Crippen LogP contribution in [0.3, 0.4) is 0 Å². The van der Waals surface area contributed by atoms with Crippen molar-refractivity contribution in [3.05, 3.63) is 101 Å². The zero-order valence-corrected chi connectivity index (χ0v) is 18.8. The Morgan fingerprint density at radius 2 is 1.65 bits per heavy atom. The minimum Gasteiger partial charge on any atom is -0.334 e. The average molecular weight is 454 g/mol. The van der Waals surface area contributed by atoms with Gasteiger partial charge in [-0.3, -0.25) is 10.1 Å². The van der Waals surface area contributed by atoms with E-state index in [0.717, 1.165) is 16.9 Å². The van der Waals surface area contributed by atoms with E-state index < -0.39 is 4.92 Å². The largest absolute Gasteiger partial charge is 0.354 e. The van der Waals surface area contributed by atoms with Gasteiger partial charge in [0.2, 0.25) is 11.6 Å². The smallest absolute Gasteiger partial charge is 0.334 e. The molecule has 0 saturated heterocycles. The van der Waals surface area contributed by atoms with Crippen LogP contribution in [0, 0.1) is 17.0 Å². The van der Waals surface area contributed by atoms with Gasteiger partial charge in [-0.25, -0.2) is 9.97 Å². The number of aromatic nitrogens is 2. The Balaban J connectivity index is 1.61. The Labute approximate surface area is 197 Å². The molecule has 0 aliphatic heterocycles. The molecule has 9 heteroatoms. The molecule has 34 heavy (non-hydrogen) atoms. The summed E-state index contributed by atoms with van der Waals surface area (Å²) in [4.78, 5) is 21.8. The highest BCUT2D eigenvalue weighted by atomic mass is 16.6. The van der Waals surface area contributed by atoms with Gasteiger partial charge in [0, 0.05) is 17.9 Å². The molecule has 0 unspecified atom stereocenters. The fourth-order valence-corrected chi connectivity index (χ4v) is 3.44. The maximum Gasteiger partial charge on any atom is 0.354 e. The Morgan fingerprint density at radius 1 is 0.941 bits per heavy atom. The third kappa shape index (κ3) is 5.21. The monoisotopic (exact) mass is 453 g/mol. The minimum absolute atomic E-state index is 0.111. The molecule has 1 aromatic heterocycles. The van der Waals surface area contributed by atoms with Crippen LogP contribution in [-0.2, 0) is 0 Å². The fourth-order valence-electron chi connectivity index (χ4n) is 3.44. The van der Waals surface area contributed by atoms with Gasteiger partial charge in [0.1, 0.15) is 6.33 Å². The first-order chi connectivity index (χ1) is 16.5. The second kappa shape index (κ2) is 10.3. The zero-order valence-electron chi connectivity index (χ0n) is 18.8. The summed E-state index contributed by atoms with van der Waals surface area (Å²) >= 11 is 0. The number of rotatable bonds is 8. The van der Waals surface area contributed by atoms with E-state index in [-0.39, 0.29) is 17.3 Å². The van der Waals surface area contributed by atoms with Crippen molar-refractivity contribution in [1.82, 2.24) is 9.97 Å². The molecule has 0 spiro atoms. The highest BCUT2D eigenvalue weighted by Gasteiger charge is 2.27. The van der Waals surface area contributed by atoms with Crippen LogP contribution in [0.4, 0.5) is 40.1 Å². The van der Waals surface area contributed by atoms with Crippen LogP contribution in [0.2, 0.25) is 0 Å². The second-order valence-electron chi connectivity index (χ2n) is 7.44. The number of benzene rings is 3. The molecular weight excluding hydrogens is 430 g/mol. The van der Waals surface area contributed by atoms with E-state index in [1.807, 2.05) is 68.4 Å². The lowest BCUT2D eigenvalue weighted by Crippen LogP contribution is -2.19. The maximum absolute atomic E-state index is 12.1. The topological polar surface area (TPSA) is 109 Å². The van der Waals surface area contributed by atoms with Crippen molar-refractivity contribution in [3.63, 3.8) is 0 Å². The summed E-state index contributed by atoms with van der Waals surface area (Å²) in [5, 5.41) is 23.5. The lowest BCUT2D eigenvalue weighted by atomic mass is 10.2. The molecule has 0 aliphatic carbocycles. The predicted molar refractivity (Wildman–Crippen MR) is 133 cm³/mol. The van der Waals surface area contributed by atoms with E-state index in [1.54, 1.807) is 29.2 Å². The first-order valence-electron chi connectivity index (χ1n) is 10.7. The van der Waals surface area contributed by atoms with Crippen LogP contribution in [0.25, 0.3) is 0 Å². The molecule has 4 rings (SSSR count). The molecule has 170 valence electrons. The van der Waals surface area contributed by atoms with Gasteiger partial charge in [-0.05, 0) is 67.9 Å². The molecule has 1 N–H and O–H groups in total. The van der Waals surface area contributed by atoms with Gasteiger partial charge in [-0.15, -0.1) is 0 Å². The van der Waals surface area contributed by atoms with Gasteiger partial charge in [-0.1, -0.05) is 30.3 Å².